The summed E-state index contributed by atoms with van der Waals surface area (Å²) in [6.45, 7) is 0.865. The first-order valence-electron chi connectivity index (χ1n) is 1.93. The number of nitrogens with zero attached hydrogens (tertiary/aromatic N) is 2. The summed E-state index contributed by atoms with van der Waals surface area (Å²) in [5.74, 6) is 0. The maximum atomic E-state index is 3.73. The molecular weight excluding hydrogens is 76.1 g/mol. The fourth-order valence-electron chi connectivity index (χ4n) is 0.318. The van der Waals surface area contributed by atoms with Crippen molar-refractivity contribution >= 4 is 12.6 Å². The summed E-state index contributed by atoms with van der Waals surface area (Å²) in [6, 6.07) is 0. The molecule has 0 unspecified atom stereocenters. The SMILES string of the molecule is [C]1=NCCC=N1. The summed E-state index contributed by atoms with van der Waals surface area (Å²) in [7, 11) is 0. The molecule has 1 radical (unpaired) electrons. The molecule has 6 heavy (non-hydrogen) atoms. The molecule has 0 aliphatic carbocycles. The van der Waals surface area contributed by atoms with Crippen molar-refractivity contribution in [2.24, 2.45) is 9.98 Å². The minimum atomic E-state index is 0.865. The van der Waals surface area contributed by atoms with E-state index in [4.69, 9.17) is 0 Å². The van der Waals surface area contributed by atoms with Crippen LogP contribution in [0.3, 0.4) is 0 Å². The second-order valence-electron chi connectivity index (χ2n) is 1.08. The van der Waals surface area contributed by atoms with Crippen LogP contribution in [0.15, 0.2) is 9.98 Å². The van der Waals surface area contributed by atoms with Gasteiger partial charge in [0.15, 0.2) is 6.34 Å². The Hall–Kier alpha value is -0.660. The maximum absolute atomic E-state index is 3.73. The van der Waals surface area contributed by atoms with Crippen LogP contribution in [-0.4, -0.2) is 19.1 Å². The monoisotopic (exact) mass is 81.0 g/mol. The zero-order chi connectivity index (χ0) is 4.24. The minimum Gasteiger partial charge on any atom is -0.263 e. The quantitative estimate of drug-likeness (QED) is 0.402. The molecule has 1 heterocycles. The summed E-state index contributed by atoms with van der Waals surface area (Å²) in [5, 5.41) is 0. The Labute approximate surface area is 36.6 Å². The maximum Gasteiger partial charge on any atom is 0.192 e. The topological polar surface area (TPSA) is 24.7 Å². The highest BCUT2D eigenvalue weighted by Crippen LogP contribution is 1.80. The smallest absolute Gasteiger partial charge is 0.192 e. The van der Waals surface area contributed by atoms with Crippen molar-refractivity contribution in [1.82, 2.24) is 0 Å². The molecule has 31 valence electrons. The summed E-state index contributed by atoms with van der Waals surface area (Å²) in [6.07, 6.45) is 5.27. The lowest BCUT2D eigenvalue weighted by atomic mass is 10.4. The molecule has 0 spiro atoms. The highest BCUT2D eigenvalue weighted by Gasteiger charge is 1.80. The number of aliphatic imine (C=N–C) groups is 2. The molecule has 0 aromatic heterocycles. The van der Waals surface area contributed by atoms with E-state index >= 15 is 0 Å². The normalized spacial score (nSPS) is 18.7. The van der Waals surface area contributed by atoms with Gasteiger partial charge in [0.25, 0.3) is 0 Å². The highest BCUT2D eigenvalue weighted by molar-refractivity contribution is 5.74. The fourth-order valence-corrected chi connectivity index (χ4v) is 0.318. The molecule has 0 N–H and O–H groups in total. The van der Waals surface area contributed by atoms with Crippen LogP contribution in [0.25, 0.3) is 0 Å². The first-order chi connectivity index (χ1) is 3.00. The Morgan fingerprint density at radius 1 is 1.67 bits per heavy atom. The number of rotatable bonds is 0. The Morgan fingerprint density at radius 3 is 2.83 bits per heavy atom. The number of hydrogen-bond acceptors (Lipinski definition) is 2. The van der Waals surface area contributed by atoms with Crippen LogP contribution < -0.4 is 0 Å². The molecule has 2 nitrogen and oxygen atoms in total. The average molecular weight is 81.1 g/mol. The van der Waals surface area contributed by atoms with Crippen LogP contribution in [0, 0.1) is 0 Å². The van der Waals surface area contributed by atoms with Crippen molar-refractivity contribution in [3.8, 4) is 0 Å². The van der Waals surface area contributed by atoms with Gasteiger partial charge in [0.05, 0.1) is 0 Å². The van der Waals surface area contributed by atoms with Crippen molar-refractivity contribution in [1.29, 1.82) is 0 Å². The van der Waals surface area contributed by atoms with Crippen molar-refractivity contribution in [3.05, 3.63) is 0 Å². The van der Waals surface area contributed by atoms with Crippen LogP contribution >= 0.6 is 0 Å². The van der Waals surface area contributed by atoms with Crippen molar-refractivity contribution in [3.63, 3.8) is 0 Å². The average Bonchev–Trinajstić information content (AvgIpc) is 1.72. The molecule has 0 atom stereocenters. The van der Waals surface area contributed by atoms with Crippen LogP contribution in [-0.2, 0) is 0 Å². The molecule has 0 saturated heterocycles. The summed E-state index contributed by atoms with van der Waals surface area (Å²) < 4.78 is 0. The van der Waals surface area contributed by atoms with Gasteiger partial charge in [-0.1, -0.05) is 0 Å². The van der Waals surface area contributed by atoms with Gasteiger partial charge in [-0.05, 0) is 0 Å². The number of hydrogen-bond donors (Lipinski definition) is 0. The predicted molar refractivity (Wildman–Crippen MR) is 25.4 cm³/mol. The van der Waals surface area contributed by atoms with E-state index < -0.39 is 0 Å². The van der Waals surface area contributed by atoms with Crippen LogP contribution in [0.4, 0.5) is 0 Å². The summed E-state index contributed by atoms with van der Waals surface area (Å²) in [5.41, 5.74) is 0. The molecule has 0 fully saturated rings. The van der Waals surface area contributed by atoms with Crippen LogP contribution in [0.2, 0.25) is 0 Å². The second-order valence-corrected chi connectivity index (χ2v) is 1.08. The van der Waals surface area contributed by atoms with Gasteiger partial charge in [-0.25, -0.2) is 4.99 Å². The first-order valence-corrected chi connectivity index (χ1v) is 1.93. The van der Waals surface area contributed by atoms with Crippen molar-refractivity contribution in [2.75, 3.05) is 6.54 Å². The van der Waals surface area contributed by atoms with Crippen LogP contribution in [0.1, 0.15) is 6.42 Å². The van der Waals surface area contributed by atoms with Gasteiger partial charge in [0.2, 0.25) is 0 Å². The zero-order valence-corrected chi connectivity index (χ0v) is 3.39. The Bertz CT molecular complexity index is 71.5. The van der Waals surface area contributed by atoms with Gasteiger partial charge in [-0.2, -0.15) is 0 Å². The van der Waals surface area contributed by atoms with Gasteiger partial charge in [-0.15, -0.1) is 0 Å². The van der Waals surface area contributed by atoms with Crippen LogP contribution in [0.5, 0.6) is 0 Å². The molecule has 2 heteroatoms. The predicted octanol–water partition coefficient (Wildman–Crippen LogP) is 0.366. The van der Waals surface area contributed by atoms with E-state index in [-0.39, 0.29) is 0 Å². The largest absolute Gasteiger partial charge is 0.263 e. The van der Waals surface area contributed by atoms with Gasteiger partial charge < -0.3 is 0 Å². The third-order valence-electron chi connectivity index (χ3n) is 0.590. The first kappa shape index (κ1) is 3.53. The molecular formula is C4H5N2. The third-order valence-corrected chi connectivity index (χ3v) is 0.590. The molecule has 1 aliphatic rings. The highest BCUT2D eigenvalue weighted by atomic mass is 14.9. The molecule has 0 bridgehead atoms. The molecule has 1 rings (SSSR count). The third kappa shape index (κ3) is 0.641. The lowest BCUT2D eigenvalue weighted by Crippen LogP contribution is -1.87. The van der Waals surface area contributed by atoms with E-state index in [1.54, 1.807) is 0 Å². The van der Waals surface area contributed by atoms with E-state index in [1.165, 1.54) is 0 Å². The van der Waals surface area contributed by atoms with Gasteiger partial charge in [0.1, 0.15) is 0 Å². The zero-order valence-electron chi connectivity index (χ0n) is 3.39. The second kappa shape index (κ2) is 1.70. The van der Waals surface area contributed by atoms with E-state index in [0.29, 0.717) is 0 Å². The molecule has 0 saturated carbocycles. The Morgan fingerprint density at radius 2 is 2.67 bits per heavy atom. The van der Waals surface area contributed by atoms with E-state index in [2.05, 4.69) is 16.3 Å². The van der Waals surface area contributed by atoms with E-state index in [1.807, 2.05) is 6.21 Å². The van der Waals surface area contributed by atoms with Gasteiger partial charge >= 0.3 is 0 Å². The summed E-state index contributed by atoms with van der Waals surface area (Å²) in [4.78, 5) is 7.36. The molecule has 0 amide bonds. The Kier molecular flexibility index (Phi) is 0.998. The van der Waals surface area contributed by atoms with Crippen molar-refractivity contribution in [2.45, 2.75) is 6.42 Å². The van der Waals surface area contributed by atoms with Gasteiger partial charge in [0, 0.05) is 19.2 Å². The standard InChI is InChI=1S/C4H5N2/c1-2-5-4-6-3-1/h2H,1,3H2. The molecule has 0 aromatic rings. The van der Waals surface area contributed by atoms with E-state index in [9.17, 15) is 0 Å². The summed E-state index contributed by atoms with van der Waals surface area (Å²) >= 11 is 0. The Balaban J connectivity index is 2.46. The lowest BCUT2D eigenvalue weighted by Gasteiger charge is -1.86. The van der Waals surface area contributed by atoms with E-state index in [0.717, 1.165) is 13.0 Å². The lowest BCUT2D eigenvalue weighted by molar-refractivity contribution is 1.04. The minimum absolute atomic E-state index is 0.865. The van der Waals surface area contributed by atoms with Gasteiger partial charge in [-0.3, -0.25) is 4.99 Å². The molecule has 1 aliphatic heterocycles. The molecule has 0 aromatic carbocycles. The van der Waals surface area contributed by atoms with Crippen molar-refractivity contribution < 1.29 is 0 Å². The fraction of sp³-hybridized carbons (Fsp3) is 0.500.